The first kappa shape index (κ1) is 13.2. The first-order chi connectivity index (χ1) is 8.61. The van der Waals surface area contributed by atoms with Crippen LogP contribution in [0.1, 0.15) is 32.6 Å². The Balaban J connectivity index is 1.76. The molecule has 0 aromatic carbocycles. The lowest BCUT2D eigenvalue weighted by molar-refractivity contribution is -0.137. The molecule has 0 unspecified atom stereocenters. The number of carboxylic acid groups (broad SMARTS) is 1. The minimum absolute atomic E-state index is 0.222. The predicted molar refractivity (Wildman–Crippen MR) is 67.2 cm³/mol. The molecule has 2 fully saturated rings. The third-order valence-electron chi connectivity index (χ3n) is 3.94. The van der Waals surface area contributed by atoms with E-state index in [2.05, 4.69) is 5.32 Å². The predicted octanol–water partition coefficient (Wildman–Crippen LogP) is 1.54. The number of rotatable bonds is 7. The molecule has 5 nitrogen and oxygen atoms in total. The molecule has 0 heterocycles. The first-order valence-corrected chi connectivity index (χ1v) is 6.86. The zero-order valence-electron chi connectivity index (χ0n) is 10.9. The molecule has 0 bridgehead atoms. The molecule has 0 aromatic rings. The van der Waals surface area contributed by atoms with E-state index in [0.29, 0.717) is 19.0 Å². The van der Waals surface area contributed by atoms with E-state index in [0.717, 1.165) is 11.8 Å². The van der Waals surface area contributed by atoms with Gasteiger partial charge in [-0.3, -0.25) is 4.79 Å². The minimum Gasteiger partial charge on any atom is -0.480 e. The second-order valence-electron chi connectivity index (χ2n) is 5.43. The standard InChI is InChI=1S/C13H22N2O3/c1-2-15(8-12(16)17)13(18)14-7-11(9-3-4-9)10-5-6-10/h9-11H,2-8H2,1H3,(H,14,18)(H,16,17). The van der Waals surface area contributed by atoms with Gasteiger partial charge in [0.2, 0.25) is 0 Å². The summed E-state index contributed by atoms with van der Waals surface area (Å²) in [5.41, 5.74) is 0. The largest absolute Gasteiger partial charge is 0.480 e. The summed E-state index contributed by atoms with van der Waals surface area (Å²) in [5, 5.41) is 11.6. The Morgan fingerprint density at radius 3 is 2.22 bits per heavy atom. The number of hydrogen-bond donors (Lipinski definition) is 2. The number of carboxylic acids is 1. The van der Waals surface area contributed by atoms with E-state index in [1.807, 2.05) is 0 Å². The van der Waals surface area contributed by atoms with Gasteiger partial charge in [0, 0.05) is 13.1 Å². The highest BCUT2D eigenvalue weighted by atomic mass is 16.4. The summed E-state index contributed by atoms with van der Waals surface area (Å²) in [6.45, 7) is 2.71. The van der Waals surface area contributed by atoms with Crippen LogP contribution in [0.4, 0.5) is 4.79 Å². The molecule has 2 saturated carbocycles. The number of nitrogens with zero attached hydrogens (tertiary/aromatic N) is 1. The van der Waals surface area contributed by atoms with Crippen LogP contribution in [-0.2, 0) is 4.79 Å². The third kappa shape index (κ3) is 3.62. The number of nitrogens with one attached hydrogen (secondary N) is 1. The fourth-order valence-corrected chi connectivity index (χ4v) is 2.57. The molecular formula is C13H22N2O3. The van der Waals surface area contributed by atoms with Crippen molar-refractivity contribution in [3.8, 4) is 0 Å². The smallest absolute Gasteiger partial charge is 0.323 e. The van der Waals surface area contributed by atoms with Crippen LogP contribution in [-0.4, -0.2) is 41.6 Å². The van der Waals surface area contributed by atoms with Crippen molar-refractivity contribution in [2.24, 2.45) is 17.8 Å². The number of likely N-dealkylation sites (N-methyl/N-ethyl adjacent to an activating group) is 1. The molecule has 2 amide bonds. The van der Waals surface area contributed by atoms with Crippen molar-refractivity contribution in [2.75, 3.05) is 19.6 Å². The van der Waals surface area contributed by atoms with Gasteiger partial charge in [0.1, 0.15) is 6.54 Å². The summed E-state index contributed by atoms with van der Waals surface area (Å²) < 4.78 is 0. The highest BCUT2D eigenvalue weighted by molar-refractivity contribution is 5.80. The van der Waals surface area contributed by atoms with Crippen molar-refractivity contribution in [3.63, 3.8) is 0 Å². The lowest BCUT2D eigenvalue weighted by Crippen LogP contribution is -2.44. The molecule has 2 aliphatic carbocycles. The molecule has 102 valence electrons. The van der Waals surface area contributed by atoms with Gasteiger partial charge < -0.3 is 15.3 Å². The summed E-state index contributed by atoms with van der Waals surface area (Å²) in [7, 11) is 0. The summed E-state index contributed by atoms with van der Waals surface area (Å²) in [6, 6.07) is -0.244. The Morgan fingerprint density at radius 1 is 1.28 bits per heavy atom. The van der Waals surface area contributed by atoms with Crippen LogP contribution in [0.2, 0.25) is 0 Å². The van der Waals surface area contributed by atoms with E-state index in [4.69, 9.17) is 5.11 Å². The lowest BCUT2D eigenvalue weighted by atomic mass is 9.98. The fraction of sp³-hybridized carbons (Fsp3) is 0.846. The summed E-state index contributed by atoms with van der Waals surface area (Å²) in [5.74, 6) is 1.25. The van der Waals surface area contributed by atoms with Crippen LogP contribution < -0.4 is 5.32 Å². The lowest BCUT2D eigenvalue weighted by Gasteiger charge is -2.22. The summed E-state index contributed by atoms with van der Waals surface area (Å²) in [4.78, 5) is 23.8. The van der Waals surface area contributed by atoms with Crippen molar-refractivity contribution >= 4 is 12.0 Å². The Kier molecular flexibility index (Phi) is 4.09. The molecule has 0 atom stereocenters. The van der Waals surface area contributed by atoms with Gasteiger partial charge in [-0.15, -0.1) is 0 Å². The average Bonchev–Trinajstić information content (AvgIpc) is 3.16. The van der Waals surface area contributed by atoms with Crippen molar-refractivity contribution in [1.29, 1.82) is 0 Å². The minimum atomic E-state index is -0.965. The highest BCUT2D eigenvalue weighted by Crippen LogP contribution is 2.48. The number of aliphatic carboxylic acids is 1. The van der Waals surface area contributed by atoms with E-state index >= 15 is 0 Å². The van der Waals surface area contributed by atoms with Crippen molar-refractivity contribution < 1.29 is 14.7 Å². The Morgan fingerprint density at radius 2 is 1.83 bits per heavy atom. The molecule has 0 aliphatic heterocycles. The van der Waals surface area contributed by atoms with Crippen LogP contribution in [0.5, 0.6) is 0 Å². The number of carbonyl (C=O) groups excluding carboxylic acids is 1. The maximum atomic E-state index is 11.9. The van der Waals surface area contributed by atoms with Crippen molar-refractivity contribution in [3.05, 3.63) is 0 Å². The normalized spacial score (nSPS) is 18.8. The van der Waals surface area contributed by atoms with E-state index in [9.17, 15) is 9.59 Å². The van der Waals surface area contributed by atoms with Gasteiger partial charge in [-0.25, -0.2) is 4.79 Å². The SMILES string of the molecule is CCN(CC(=O)O)C(=O)NCC(C1CC1)C1CC1. The van der Waals surface area contributed by atoms with Crippen molar-refractivity contribution in [1.82, 2.24) is 10.2 Å². The Labute approximate surface area is 108 Å². The number of hydrogen-bond acceptors (Lipinski definition) is 2. The maximum Gasteiger partial charge on any atom is 0.323 e. The Hall–Kier alpha value is -1.26. The highest BCUT2D eigenvalue weighted by Gasteiger charge is 2.41. The quantitative estimate of drug-likeness (QED) is 0.724. The van der Waals surface area contributed by atoms with Crippen LogP contribution in [0.25, 0.3) is 0 Å². The van der Waals surface area contributed by atoms with E-state index in [-0.39, 0.29) is 12.6 Å². The van der Waals surface area contributed by atoms with Gasteiger partial charge in [-0.05, 0) is 50.4 Å². The van der Waals surface area contributed by atoms with Crippen molar-refractivity contribution in [2.45, 2.75) is 32.6 Å². The summed E-state index contributed by atoms with van der Waals surface area (Å²) >= 11 is 0. The van der Waals surface area contributed by atoms with Gasteiger partial charge in [0.25, 0.3) is 0 Å². The molecule has 0 spiro atoms. The second-order valence-corrected chi connectivity index (χ2v) is 5.43. The number of amides is 2. The molecule has 2 aliphatic rings. The molecule has 5 heteroatoms. The number of urea groups is 1. The van der Waals surface area contributed by atoms with Gasteiger partial charge >= 0.3 is 12.0 Å². The molecule has 0 radical (unpaired) electrons. The molecule has 0 aromatic heterocycles. The van der Waals surface area contributed by atoms with Crippen LogP contribution in [0.15, 0.2) is 0 Å². The zero-order chi connectivity index (χ0) is 13.1. The molecule has 18 heavy (non-hydrogen) atoms. The first-order valence-electron chi connectivity index (χ1n) is 6.86. The molecule has 2 rings (SSSR count). The van der Waals surface area contributed by atoms with E-state index in [1.165, 1.54) is 30.6 Å². The topological polar surface area (TPSA) is 69.6 Å². The van der Waals surface area contributed by atoms with Crippen LogP contribution >= 0.6 is 0 Å². The fourth-order valence-electron chi connectivity index (χ4n) is 2.57. The third-order valence-corrected chi connectivity index (χ3v) is 3.94. The van der Waals surface area contributed by atoms with Gasteiger partial charge in [0.05, 0.1) is 0 Å². The zero-order valence-corrected chi connectivity index (χ0v) is 10.9. The monoisotopic (exact) mass is 254 g/mol. The Bertz CT molecular complexity index is 312. The van der Waals surface area contributed by atoms with Gasteiger partial charge in [0.15, 0.2) is 0 Å². The van der Waals surface area contributed by atoms with Crippen LogP contribution in [0, 0.1) is 17.8 Å². The maximum absolute atomic E-state index is 11.9. The average molecular weight is 254 g/mol. The molecular weight excluding hydrogens is 232 g/mol. The second kappa shape index (κ2) is 5.59. The molecule has 0 saturated heterocycles. The number of carbonyl (C=O) groups is 2. The van der Waals surface area contributed by atoms with E-state index in [1.54, 1.807) is 6.92 Å². The molecule has 2 N–H and O–H groups in total. The van der Waals surface area contributed by atoms with Crippen LogP contribution in [0.3, 0.4) is 0 Å². The van der Waals surface area contributed by atoms with Gasteiger partial charge in [-0.2, -0.15) is 0 Å². The van der Waals surface area contributed by atoms with E-state index < -0.39 is 5.97 Å². The van der Waals surface area contributed by atoms with Gasteiger partial charge in [-0.1, -0.05) is 0 Å². The summed E-state index contributed by atoms with van der Waals surface area (Å²) in [6.07, 6.45) is 5.18.